The summed E-state index contributed by atoms with van der Waals surface area (Å²) in [6, 6.07) is 0. The highest BCUT2D eigenvalue weighted by molar-refractivity contribution is 6.13. The first-order chi connectivity index (χ1) is 5.23. The summed E-state index contributed by atoms with van der Waals surface area (Å²) < 4.78 is 10.8. The van der Waals surface area contributed by atoms with Crippen LogP contribution in [-0.2, 0) is 9.47 Å². The normalized spacial score (nSPS) is 21.3. The predicted octanol–water partition coefficient (Wildman–Crippen LogP) is 0.489. The van der Waals surface area contributed by atoms with E-state index in [1.807, 2.05) is 0 Å². The summed E-state index contributed by atoms with van der Waals surface area (Å²) in [5.74, 6) is 0.657. The molecule has 1 fully saturated rings. The van der Waals surface area contributed by atoms with Gasteiger partial charge in [0, 0.05) is 20.1 Å². The summed E-state index contributed by atoms with van der Waals surface area (Å²) in [5.41, 5.74) is -0.198. The van der Waals surface area contributed by atoms with E-state index in [1.54, 1.807) is 14.2 Å². The van der Waals surface area contributed by atoms with E-state index in [2.05, 4.69) is 0 Å². The van der Waals surface area contributed by atoms with Crippen LogP contribution in [-0.4, -0.2) is 29.9 Å². The zero-order valence-electron chi connectivity index (χ0n) is 7.72. The number of hydrogen-bond donors (Lipinski definition) is 0. The van der Waals surface area contributed by atoms with Crippen molar-refractivity contribution in [2.75, 3.05) is 14.2 Å². The van der Waals surface area contributed by atoms with Gasteiger partial charge in [-0.1, -0.05) is 12.8 Å². The van der Waals surface area contributed by atoms with E-state index in [4.69, 9.17) is 9.47 Å². The van der Waals surface area contributed by atoms with E-state index >= 15 is 0 Å². The standard InChI is InChI=1S/C8H18O2Si/c1-9-8(11,10-2)7-5-3-4-6-7/h7H,3-6H2,1-2,11H3. The molecule has 0 heterocycles. The van der Waals surface area contributed by atoms with Gasteiger partial charge in [0.05, 0.1) is 10.2 Å². The van der Waals surface area contributed by atoms with E-state index in [9.17, 15) is 0 Å². The first-order valence-corrected chi connectivity index (χ1v) is 5.33. The zero-order valence-corrected chi connectivity index (χ0v) is 9.72. The molecule has 0 aliphatic heterocycles. The maximum absolute atomic E-state index is 5.41. The van der Waals surface area contributed by atoms with Crippen LogP contribution >= 0.6 is 0 Å². The van der Waals surface area contributed by atoms with Crippen LogP contribution in [0, 0.1) is 5.92 Å². The highest BCUT2D eigenvalue weighted by atomic mass is 28.1. The molecule has 0 saturated heterocycles. The number of methoxy groups -OCH3 is 2. The molecule has 3 heteroatoms. The summed E-state index contributed by atoms with van der Waals surface area (Å²) >= 11 is 0. The highest BCUT2D eigenvalue weighted by Gasteiger charge is 2.35. The molecule has 1 aliphatic carbocycles. The monoisotopic (exact) mass is 174 g/mol. The Hall–Kier alpha value is 0.137. The Morgan fingerprint density at radius 1 is 1.18 bits per heavy atom. The van der Waals surface area contributed by atoms with E-state index < -0.39 is 0 Å². The molecule has 1 aliphatic rings. The van der Waals surface area contributed by atoms with Gasteiger partial charge in [-0.15, -0.1) is 0 Å². The minimum Gasteiger partial charge on any atom is -0.358 e. The smallest absolute Gasteiger partial charge is 0.143 e. The van der Waals surface area contributed by atoms with Gasteiger partial charge in [0.25, 0.3) is 0 Å². The van der Waals surface area contributed by atoms with Crippen molar-refractivity contribution in [3.8, 4) is 0 Å². The quantitative estimate of drug-likeness (QED) is 0.458. The van der Waals surface area contributed by atoms with Crippen LogP contribution in [0.2, 0.25) is 0 Å². The van der Waals surface area contributed by atoms with Crippen molar-refractivity contribution < 1.29 is 9.47 Å². The minimum absolute atomic E-state index is 0.198. The van der Waals surface area contributed by atoms with Gasteiger partial charge in [0.1, 0.15) is 5.41 Å². The van der Waals surface area contributed by atoms with Crippen LogP contribution in [0.15, 0.2) is 0 Å². The number of ether oxygens (including phenoxy) is 2. The molecule has 1 rings (SSSR count). The van der Waals surface area contributed by atoms with E-state index in [-0.39, 0.29) is 5.41 Å². The fraction of sp³-hybridized carbons (Fsp3) is 1.00. The third kappa shape index (κ3) is 1.83. The molecule has 0 atom stereocenters. The van der Waals surface area contributed by atoms with Gasteiger partial charge in [-0.25, -0.2) is 0 Å². The Morgan fingerprint density at radius 3 is 2.00 bits per heavy atom. The lowest BCUT2D eigenvalue weighted by Crippen LogP contribution is -2.41. The average molecular weight is 174 g/mol. The van der Waals surface area contributed by atoms with Gasteiger partial charge < -0.3 is 9.47 Å². The molecule has 2 nitrogen and oxygen atoms in total. The Bertz CT molecular complexity index is 117. The summed E-state index contributed by atoms with van der Waals surface area (Å²) in [5, 5.41) is 0. The van der Waals surface area contributed by atoms with Crippen molar-refractivity contribution in [3.63, 3.8) is 0 Å². The SMILES string of the molecule is COC([SiH3])(OC)C1CCCC1. The van der Waals surface area contributed by atoms with E-state index in [0.717, 1.165) is 10.2 Å². The molecule has 0 unspecified atom stereocenters. The largest absolute Gasteiger partial charge is 0.358 e. The van der Waals surface area contributed by atoms with Crippen LogP contribution in [0.3, 0.4) is 0 Å². The minimum atomic E-state index is -0.198. The van der Waals surface area contributed by atoms with Crippen molar-refractivity contribution in [1.82, 2.24) is 0 Å². The molecule has 0 radical (unpaired) electrons. The third-order valence-electron chi connectivity index (χ3n) is 2.91. The molecular weight excluding hydrogens is 156 g/mol. The van der Waals surface area contributed by atoms with E-state index in [1.165, 1.54) is 25.7 Å². The summed E-state index contributed by atoms with van der Waals surface area (Å²) in [4.78, 5) is 0. The molecule has 11 heavy (non-hydrogen) atoms. The van der Waals surface area contributed by atoms with Gasteiger partial charge in [0.15, 0.2) is 0 Å². The Kier molecular flexibility index (Phi) is 3.10. The van der Waals surface area contributed by atoms with Crippen LogP contribution in [0.4, 0.5) is 0 Å². The van der Waals surface area contributed by atoms with Gasteiger partial charge in [-0.2, -0.15) is 0 Å². The second kappa shape index (κ2) is 3.69. The van der Waals surface area contributed by atoms with E-state index in [0.29, 0.717) is 5.92 Å². The van der Waals surface area contributed by atoms with Crippen molar-refractivity contribution >= 4 is 10.2 Å². The van der Waals surface area contributed by atoms with Crippen molar-refractivity contribution in [1.29, 1.82) is 0 Å². The molecule has 0 amide bonds. The topological polar surface area (TPSA) is 18.5 Å². The molecule has 66 valence electrons. The lowest BCUT2D eigenvalue weighted by Gasteiger charge is -2.32. The zero-order chi connectivity index (χ0) is 8.32. The Balaban J connectivity index is 2.52. The summed E-state index contributed by atoms with van der Waals surface area (Å²) in [6.45, 7) is 0. The number of rotatable bonds is 3. The maximum Gasteiger partial charge on any atom is 0.143 e. The van der Waals surface area contributed by atoms with Gasteiger partial charge in [-0.3, -0.25) is 0 Å². The molecule has 0 spiro atoms. The van der Waals surface area contributed by atoms with Crippen LogP contribution < -0.4 is 0 Å². The molecule has 0 aromatic carbocycles. The number of hydrogen-bond acceptors (Lipinski definition) is 2. The highest BCUT2D eigenvalue weighted by Crippen LogP contribution is 2.34. The van der Waals surface area contributed by atoms with Gasteiger partial charge in [-0.05, 0) is 12.8 Å². The first-order valence-electron chi connectivity index (χ1n) is 4.33. The van der Waals surface area contributed by atoms with Crippen molar-refractivity contribution in [2.24, 2.45) is 5.92 Å². The molecule has 0 aromatic rings. The third-order valence-corrected chi connectivity index (χ3v) is 4.54. The fourth-order valence-electron chi connectivity index (χ4n) is 1.87. The summed E-state index contributed by atoms with van der Waals surface area (Å²) in [6.07, 6.45) is 5.26. The lowest BCUT2D eigenvalue weighted by molar-refractivity contribution is -0.175. The predicted molar refractivity (Wildman–Crippen MR) is 48.6 cm³/mol. The fourth-order valence-corrected chi connectivity index (χ4v) is 2.44. The average Bonchev–Trinajstić information content (AvgIpc) is 2.55. The molecular formula is C8H18O2Si. The van der Waals surface area contributed by atoms with Crippen LogP contribution in [0.5, 0.6) is 0 Å². The van der Waals surface area contributed by atoms with Crippen molar-refractivity contribution in [2.45, 2.75) is 31.1 Å². The second-order valence-corrected chi connectivity index (χ2v) is 4.80. The van der Waals surface area contributed by atoms with Crippen LogP contribution in [0.25, 0.3) is 0 Å². The Labute approximate surface area is 71.7 Å². The lowest BCUT2D eigenvalue weighted by atomic mass is 10.1. The van der Waals surface area contributed by atoms with Gasteiger partial charge >= 0.3 is 0 Å². The molecule has 0 N–H and O–H groups in total. The maximum atomic E-state index is 5.41. The van der Waals surface area contributed by atoms with Gasteiger partial charge in [0.2, 0.25) is 0 Å². The van der Waals surface area contributed by atoms with Crippen LogP contribution in [0.1, 0.15) is 25.7 Å². The summed E-state index contributed by atoms with van der Waals surface area (Å²) in [7, 11) is 4.49. The second-order valence-electron chi connectivity index (χ2n) is 3.41. The molecule has 1 saturated carbocycles. The molecule has 0 bridgehead atoms. The van der Waals surface area contributed by atoms with Crippen molar-refractivity contribution in [3.05, 3.63) is 0 Å². The molecule has 0 aromatic heterocycles. The Morgan fingerprint density at radius 2 is 1.64 bits per heavy atom. The first kappa shape index (κ1) is 9.23.